The minimum atomic E-state index is -0.118. The highest BCUT2D eigenvalue weighted by Crippen LogP contribution is 1.97. The quantitative estimate of drug-likeness (QED) is 0.484. The third kappa shape index (κ3) is 4.04. The highest BCUT2D eigenvalue weighted by atomic mass is 16.3. The van der Waals surface area contributed by atoms with E-state index in [1.54, 1.807) is 32.5 Å². The van der Waals surface area contributed by atoms with E-state index < -0.39 is 0 Å². The topological polar surface area (TPSA) is 78.7 Å². The maximum atomic E-state index is 11.4. The number of hydrogen-bond donors (Lipinski definition) is 3. The molecule has 3 N–H and O–H groups in total. The van der Waals surface area contributed by atoms with Gasteiger partial charge in [0.05, 0.1) is 19.4 Å². The predicted molar refractivity (Wildman–Crippen MR) is 61.0 cm³/mol. The van der Waals surface area contributed by atoms with E-state index in [-0.39, 0.29) is 12.5 Å². The van der Waals surface area contributed by atoms with Crippen LogP contribution in [0.5, 0.6) is 0 Å². The van der Waals surface area contributed by atoms with Gasteiger partial charge < -0.3 is 20.4 Å². The van der Waals surface area contributed by atoms with Crippen molar-refractivity contribution < 1.29 is 9.21 Å². The summed E-state index contributed by atoms with van der Waals surface area (Å²) in [5.74, 6) is 1.19. The van der Waals surface area contributed by atoms with Gasteiger partial charge in [-0.15, -0.1) is 0 Å². The van der Waals surface area contributed by atoms with Crippen LogP contribution in [0.1, 0.15) is 5.76 Å². The van der Waals surface area contributed by atoms with Gasteiger partial charge in [-0.1, -0.05) is 0 Å². The van der Waals surface area contributed by atoms with Gasteiger partial charge in [0.25, 0.3) is 0 Å². The van der Waals surface area contributed by atoms with Crippen LogP contribution in [0.4, 0.5) is 0 Å². The van der Waals surface area contributed by atoms with Crippen molar-refractivity contribution >= 4 is 11.9 Å². The van der Waals surface area contributed by atoms with Gasteiger partial charge in [0.1, 0.15) is 5.76 Å². The van der Waals surface area contributed by atoms with Crippen LogP contribution < -0.4 is 16.0 Å². The molecule has 6 heteroatoms. The molecule has 0 aromatic carbocycles. The molecule has 0 saturated heterocycles. The van der Waals surface area contributed by atoms with E-state index in [9.17, 15) is 4.79 Å². The Morgan fingerprint density at radius 2 is 2.31 bits per heavy atom. The van der Waals surface area contributed by atoms with E-state index in [1.807, 2.05) is 0 Å². The van der Waals surface area contributed by atoms with Gasteiger partial charge in [0, 0.05) is 14.1 Å². The van der Waals surface area contributed by atoms with Crippen LogP contribution in [0.25, 0.3) is 0 Å². The molecule has 1 aromatic rings. The number of furan rings is 1. The number of carbonyl (C=O) groups is 1. The standard InChI is InChI=1S/C10H16N4O2/c1-11-10(12-2)14-7-9(15)13-6-8-4-3-5-16-8/h3-5H,6-7H2,1-2H3,(H,13,15)(H2,11,12,14). The Hall–Kier alpha value is -1.98. The average Bonchev–Trinajstić information content (AvgIpc) is 2.80. The smallest absolute Gasteiger partial charge is 0.239 e. The zero-order valence-electron chi connectivity index (χ0n) is 9.41. The summed E-state index contributed by atoms with van der Waals surface area (Å²) in [5, 5.41) is 8.37. The first kappa shape index (κ1) is 12.1. The molecule has 1 amide bonds. The second kappa shape index (κ2) is 6.49. The van der Waals surface area contributed by atoms with Gasteiger partial charge in [-0.3, -0.25) is 9.79 Å². The SMILES string of the molecule is CN=C(NC)NCC(=O)NCc1ccco1. The highest BCUT2D eigenvalue weighted by Gasteiger charge is 2.03. The summed E-state index contributed by atoms with van der Waals surface area (Å²) in [6, 6.07) is 3.59. The first-order chi connectivity index (χ1) is 7.76. The summed E-state index contributed by atoms with van der Waals surface area (Å²) in [4.78, 5) is 15.3. The maximum absolute atomic E-state index is 11.4. The third-order valence-electron chi connectivity index (χ3n) is 1.92. The van der Waals surface area contributed by atoms with Gasteiger partial charge >= 0.3 is 0 Å². The second-order valence-electron chi connectivity index (χ2n) is 3.03. The average molecular weight is 224 g/mol. The summed E-state index contributed by atoms with van der Waals surface area (Å²) in [6.07, 6.45) is 1.57. The number of rotatable bonds is 4. The molecular weight excluding hydrogens is 208 g/mol. The number of aliphatic imine (C=N–C) groups is 1. The fourth-order valence-electron chi connectivity index (χ4n) is 1.10. The van der Waals surface area contributed by atoms with Crippen molar-refractivity contribution in [3.8, 4) is 0 Å². The minimum absolute atomic E-state index is 0.118. The number of amides is 1. The van der Waals surface area contributed by atoms with Crippen molar-refractivity contribution in [2.45, 2.75) is 6.54 Å². The molecule has 0 bridgehead atoms. The summed E-state index contributed by atoms with van der Waals surface area (Å²) in [6.45, 7) is 0.569. The maximum Gasteiger partial charge on any atom is 0.239 e. The normalized spacial score (nSPS) is 11.0. The predicted octanol–water partition coefficient (Wildman–Crippen LogP) is -0.309. The summed E-state index contributed by atoms with van der Waals surface area (Å²) < 4.78 is 5.08. The van der Waals surface area contributed by atoms with E-state index in [1.165, 1.54) is 0 Å². The van der Waals surface area contributed by atoms with Crippen LogP contribution in [-0.2, 0) is 11.3 Å². The van der Waals surface area contributed by atoms with Crippen molar-refractivity contribution in [1.29, 1.82) is 0 Å². The lowest BCUT2D eigenvalue weighted by Gasteiger charge is -2.08. The van der Waals surface area contributed by atoms with E-state index >= 15 is 0 Å². The number of nitrogens with one attached hydrogen (secondary N) is 3. The molecule has 0 aliphatic rings. The Labute approximate surface area is 94.1 Å². The molecule has 0 atom stereocenters. The van der Waals surface area contributed by atoms with Gasteiger partial charge in [-0.25, -0.2) is 0 Å². The fourth-order valence-corrected chi connectivity index (χ4v) is 1.10. The summed E-state index contributed by atoms with van der Waals surface area (Å²) in [5.41, 5.74) is 0. The number of hydrogen-bond acceptors (Lipinski definition) is 3. The Morgan fingerprint density at radius 1 is 1.50 bits per heavy atom. The minimum Gasteiger partial charge on any atom is -0.467 e. The lowest BCUT2D eigenvalue weighted by Crippen LogP contribution is -2.41. The van der Waals surface area contributed by atoms with E-state index in [0.717, 1.165) is 5.76 Å². The molecule has 1 aromatic heterocycles. The molecule has 0 radical (unpaired) electrons. The Balaban J connectivity index is 2.21. The monoisotopic (exact) mass is 224 g/mol. The lowest BCUT2D eigenvalue weighted by molar-refractivity contribution is -0.120. The van der Waals surface area contributed by atoms with Crippen molar-refractivity contribution in [3.63, 3.8) is 0 Å². The van der Waals surface area contributed by atoms with E-state index in [4.69, 9.17) is 4.42 Å². The third-order valence-corrected chi connectivity index (χ3v) is 1.92. The van der Waals surface area contributed by atoms with Crippen LogP contribution in [0.3, 0.4) is 0 Å². The lowest BCUT2D eigenvalue weighted by atomic mass is 10.4. The molecule has 16 heavy (non-hydrogen) atoms. The zero-order valence-corrected chi connectivity index (χ0v) is 9.41. The molecule has 0 aliphatic heterocycles. The Morgan fingerprint density at radius 3 is 2.88 bits per heavy atom. The van der Waals surface area contributed by atoms with Crippen LogP contribution in [0, 0.1) is 0 Å². The van der Waals surface area contributed by atoms with Crippen molar-refractivity contribution in [1.82, 2.24) is 16.0 Å². The Bertz CT molecular complexity index is 346. The molecule has 0 unspecified atom stereocenters. The largest absolute Gasteiger partial charge is 0.467 e. The molecule has 6 nitrogen and oxygen atoms in total. The van der Waals surface area contributed by atoms with Crippen molar-refractivity contribution in [3.05, 3.63) is 24.2 Å². The number of guanidine groups is 1. The van der Waals surface area contributed by atoms with Crippen molar-refractivity contribution in [2.75, 3.05) is 20.6 Å². The van der Waals surface area contributed by atoms with Gasteiger partial charge in [-0.05, 0) is 12.1 Å². The first-order valence-corrected chi connectivity index (χ1v) is 4.93. The van der Waals surface area contributed by atoms with Crippen LogP contribution >= 0.6 is 0 Å². The van der Waals surface area contributed by atoms with E-state index in [2.05, 4.69) is 20.9 Å². The van der Waals surface area contributed by atoms with Crippen LogP contribution in [0.2, 0.25) is 0 Å². The number of carbonyl (C=O) groups excluding carboxylic acids is 1. The molecular formula is C10H16N4O2. The van der Waals surface area contributed by atoms with E-state index in [0.29, 0.717) is 12.5 Å². The van der Waals surface area contributed by atoms with Crippen LogP contribution in [0.15, 0.2) is 27.8 Å². The van der Waals surface area contributed by atoms with Gasteiger partial charge in [-0.2, -0.15) is 0 Å². The highest BCUT2D eigenvalue weighted by molar-refractivity contribution is 5.86. The van der Waals surface area contributed by atoms with Crippen molar-refractivity contribution in [2.24, 2.45) is 4.99 Å². The zero-order chi connectivity index (χ0) is 11.8. The molecule has 0 saturated carbocycles. The fraction of sp³-hybridized carbons (Fsp3) is 0.400. The van der Waals surface area contributed by atoms with Crippen LogP contribution in [-0.4, -0.2) is 32.5 Å². The molecule has 0 aliphatic carbocycles. The molecule has 0 fully saturated rings. The molecule has 1 heterocycles. The summed E-state index contributed by atoms with van der Waals surface area (Å²) >= 11 is 0. The Kier molecular flexibility index (Phi) is 4.91. The molecule has 88 valence electrons. The summed E-state index contributed by atoms with van der Waals surface area (Å²) in [7, 11) is 3.37. The molecule has 0 spiro atoms. The first-order valence-electron chi connectivity index (χ1n) is 4.93. The van der Waals surface area contributed by atoms with Gasteiger partial charge in [0.15, 0.2) is 5.96 Å². The second-order valence-corrected chi connectivity index (χ2v) is 3.03. The molecule has 1 rings (SSSR count). The van der Waals surface area contributed by atoms with Gasteiger partial charge in [0.2, 0.25) is 5.91 Å². The number of nitrogens with zero attached hydrogens (tertiary/aromatic N) is 1.